The summed E-state index contributed by atoms with van der Waals surface area (Å²) in [4.78, 5) is 25.7. The summed E-state index contributed by atoms with van der Waals surface area (Å²) in [5, 5.41) is 19.7. The van der Waals surface area contributed by atoms with E-state index >= 15 is 0 Å². The maximum absolute atomic E-state index is 12.9. The van der Waals surface area contributed by atoms with E-state index in [1.54, 1.807) is 36.9 Å². The fourth-order valence-electron chi connectivity index (χ4n) is 3.92. The summed E-state index contributed by atoms with van der Waals surface area (Å²) in [7, 11) is 0. The average Bonchev–Trinajstić information content (AvgIpc) is 3.16. The molecule has 36 heavy (non-hydrogen) atoms. The summed E-state index contributed by atoms with van der Waals surface area (Å²) in [6, 6.07) is 13.3. The molecule has 0 saturated heterocycles. The first-order chi connectivity index (χ1) is 17.7. The number of anilines is 2. The van der Waals surface area contributed by atoms with Gasteiger partial charge in [0.05, 0.1) is 28.4 Å². The van der Waals surface area contributed by atoms with Crippen LogP contribution in [0.5, 0.6) is 0 Å². The Morgan fingerprint density at radius 1 is 1.06 bits per heavy atom. The van der Waals surface area contributed by atoms with Crippen LogP contribution in [0.25, 0.3) is 10.9 Å². The third-order valence-electron chi connectivity index (χ3n) is 5.78. The molecule has 3 heterocycles. The first-order valence-corrected chi connectivity index (χ1v) is 11.5. The zero-order valence-electron chi connectivity index (χ0n) is 19.3. The Balaban J connectivity index is 1.20. The molecule has 0 radical (unpaired) electrons. The van der Waals surface area contributed by atoms with E-state index in [2.05, 4.69) is 37.0 Å². The highest BCUT2D eigenvalue weighted by molar-refractivity contribution is 6.13. The topological polar surface area (TPSA) is 115 Å². The van der Waals surface area contributed by atoms with Gasteiger partial charge in [0.25, 0.3) is 5.91 Å². The predicted octanol–water partition coefficient (Wildman–Crippen LogP) is 4.60. The molecule has 0 bridgehead atoms. The Hall–Kier alpha value is -5.03. The van der Waals surface area contributed by atoms with Crippen molar-refractivity contribution in [3.8, 4) is 6.07 Å². The summed E-state index contributed by atoms with van der Waals surface area (Å²) in [6.45, 7) is 0. The number of benzene rings is 1. The van der Waals surface area contributed by atoms with E-state index < -0.39 is 0 Å². The molecular weight excluding hydrogens is 450 g/mol. The van der Waals surface area contributed by atoms with Crippen LogP contribution >= 0.6 is 0 Å². The number of nitriles is 1. The van der Waals surface area contributed by atoms with Crippen molar-refractivity contribution < 1.29 is 4.79 Å². The summed E-state index contributed by atoms with van der Waals surface area (Å²) < 4.78 is 0. The lowest BCUT2D eigenvalue weighted by Gasteiger charge is -2.19. The summed E-state index contributed by atoms with van der Waals surface area (Å²) in [5.74, 6) is 0.406. The van der Waals surface area contributed by atoms with Crippen molar-refractivity contribution in [2.24, 2.45) is 4.99 Å². The number of pyridine rings is 2. The van der Waals surface area contributed by atoms with Crippen LogP contribution in [0.2, 0.25) is 0 Å². The van der Waals surface area contributed by atoms with Gasteiger partial charge >= 0.3 is 0 Å². The molecule has 3 N–H and O–H groups in total. The molecule has 0 spiro atoms. The van der Waals surface area contributed by atoms with E-state index in [9.17, 15) is 10.1 Å². The smallest absolute Gasteiger partial charge is 0.256 e. The molecule has 0 unspecified atom stereocenters. The number of aliphatic imine (C=N–C) groups is 1. The van der Waals surface area contributed by atoms with Crippen molar-refractivity contribution in [2.75, 3.05) is 10.6 Å². The second-order valence-electron chi connectivity index (χ2n) is 8.27. The molecule has 1 aromatic carbocycles. The fraction of sp³-hybridized carbons (Fsp3) is 0.107. The Morgan fingerprint density at radius 2 is 1.94 bits per heavy atom. The Labute approximate surface area is 208 Å². The second kappa shape index (κ2) is 10.5. The molecule has 1 aliphatic heterocycles. The van der Waals surface area contributed by atoms with Gasteiger partial charge in [-0.05, 0) is 61.4 Å². The fourth-order valence-corrected chi connectivity index (χ4v) is 3.92. The van der Waals surface area contributed by atoms with Crippen molar-refractivity contribution in [2.45, 2.75) is 18.9 Å². The van der Waals surface area contributed by atoms with Gasteiger partial charge in [-0.2, -0.15) is 5.26 Å². The third kappa shape index (κ3) is 5.37. The number of nitrogens with one attached hydrogen (secondary N) is 3. The minimum atomic E-state index is -0.210. The highest BCUT2D eigenvalue weighted by Gasteiger charge is 2.14. The van der Waals surface area contributed by atoms with Crippen molar-refractivity contribution in [3.05, 3.63) is 108 Å². The maximum Gasteiger partial charge on any atom is 0.256 e. The molecule has 2 aliphatic rings. The number of rotatable bonds is 6. The van der Waals surface area contributed by atoms with Crippen LogP contribution in [0.4, 0.5) is 11.4 Å². The largest absolute Gasteiger partial charge is 0.378 e. The van der Waals surface area contributed by atoms with Gasteiger partial charge < -0.3 is 16.0 Å². The SMILES string of the molecule is N#Cc1ccc2nccc(NC3=CCC=C(C(=O)NC4=CC[C@@H](Nc5ccncc5)C=C4)C=N3)c2c1. The number of aromatic nitrogens is 2. The molecule has 3 aromatic rings. The first kappa shape index (κ1) is 22.7. The lowest BCUT2D eigenvalue weighted by atomic mass is 10.1. The van der Waals surface area contributed by atoms with Gasteiger partial charge in [0.15, 0.2) is 0 Å². The quantitative estimate of drug-likeness (QED) is 0.482. The average molecular weight is 474 g/mol. The number of amides is 1. The lowest BCUT2D eigenvalue weighted by Crippen LogP contribution is -2.27. The number of allylic oxidation sites excluding steroid dienone is 3. The molecule has 0 fully saturated rings. The van der Waals surface area contributed by atoms with Crippen LogP contribution in [0.3, 0.4) is 0 Å². The Morgan fingerprint density at radius 3 is 2.75 bits per heavy atom. The zero-order valence-corrected chi connectivity index (χ0v) is 19.3. The number of carbonyl (C=O) groups excluding carboxylic acids is 1. The molecule has 1 atom stereocenters. The lowest BCUT2D eigenvalue weighted by molar-refractivity contribution is -0.116. The van der Waals surface area contributed by atoms with Gasteiger partial charge in [0.2, 0.25) is 0 Å². The van der Waals surface area contributed by atoms with E-state index in [-0.39, 0.29) is 11.9 Å². The highest BCUT2D eigenvalue weighted by Crippen LogP contribution is 2.25. The van der Waals surface area contributed by atoms with Gasteiger partial charge in [-0.15, -0.1) is 0 Å². The molecule has 176 valence electrons. The van der Waals surface area contributed by atoms with Crippen molar-refractivity contribution >= 4 is 34.4 Å². The third-order valence-corrected chi connectivity index (χ3v) is 5.78. The van der Waals surface area contributed by atoms with E-state index in [0.29, 0.717) is 23.4 Å². The van der Waals surface area contributed by atoms with Crippen molar-refractivity contribution in [1.29, 1.82) is 5.26 Å². The molecular formula is C28H23N7O. The van der Waals surface area contributed by atoms with Crippen LogP contribution in [-0.4, -0.2) is 28.1 Å². The maximum atomic E-state index is 12.9. The summed E-state index contributed by atoms with van der Waals surface area (Å²) in [5.41, 5.74) is 4.38. The number of carbonyl (C=O) groups is 1. The van der Waals surface area contributed by atoms with Crippen LogP contribution < -0.4 is 16.0 Å². The minimum Gasteiger partial charge on any atom is -0.378 e. The molecule has 0 saturated carbocycles. The Bertz CT molecular complexity index is 1490. The standard InChI is InChI=1S/C28H23N7O/c29-17-19-4-9-25-24(16-19)26(12-15-31-25)35-27-3-1-2-20(18-32-27)28(36)34-22-7-5-21(6-8-22)33-23-10-13-30-14-11-23/h2-5,7-16,18,21H,1,6H2,(H,30,33)(H,31,35)(H,34,36)/t21-/m0/s1. The zero-order chi connectivity index (χ0) is 24.7. The minimum absolute atomic E-state index is 0.151. The molecule has 5 rings (SSSR count). The molecule has 8 nitrogen and oxygen atoms in total. The highest BCUT2D eigenvalue weighted by atomic mass is 16.1. The van der Waals surface area contributed by atoms with Gasteiger partial charge in [0.1, 0.15) is 5.82 Å². The van der Waals surface area contributed by atoms with E-state index in [1.165, 1.54) is 0 Å². The van der Waals surface area contributed by atoms with E-state index in [0.717, 1.165) is 34.4 Å². The molecule has 1 amide bonds. The molecule has 2 aromatic heterocycles. The van der Waals surface area contributed by atoms with Crippen molar-refractivity contribution in [1.82, 2.24) is 15.3 Å². The Kier molecular flexibility index (Phi) is 6.63. The number of nitrogens with zero attached hydrogens (tertiary/aromatic N) is 4. The second-order valence-corrected chi connectivity index (χ2v) is 8.27. The predicted molar refractivity (Wildman–Crippen MR) is 141 cm³/mol. The van der Waals surface area contributed by atoms with E-state index in [1.807, 2.05) is 54.6 Å². The van der Waals surface area contributed by atoms with Crippen LogP contribution in [-0.2, 0) is 4.79 Å². The number of hydrogen-bond donors (Lipinski definition) is 3. The van der Waals surface area contributed by atoms with Gasteiger partial charge in [-0.3, -0.25) is 14.8 Å². The summed E-state index contributed by atoms with van der Waals surface area (Å²) >= 11 is 0. The van der Waals surface area contributed by atoms with Gasteiger partial charge in [-0.1, -0.05) is 18.2 Å². The first-order valence-electron chi connectivity index (χ1n) is 11.5. The monoisotopic (exact) mass is 473 g/mol. The van der Waals surface area contributed by atoms with Crippen LogP contribution in [0.1, 0.15) is 18.4 Å². The van der Waals surface area contributed by atoms with Crippen molar-refractivity contribution in [3.63, 3.8) is 0 Å². The summed E-state index contributed by atoms with van der Waals surface area (Å²) in [6.07, 6.45) is 17.8. The molecule has 1 aliphatic carbocycles. The van der Waals surface area contributed by atoms with Crippen LogP contribution in [0.15, 0.2) is 107 Å². The van der Waals surface area contributed by atoms with E-state index in [4.69, 9.17) is 0 Å². The van der Waals surface area contributed by atoms with Gasteiger partial charge in [0, 0.05) is 47.6 Å². The molecule has 8 heteroatoms. The van der Waals surface area contributed by atoms with Crippen LogP contribution in [0, 0.1) is 11.3 Å². The number of fused-ring (bicyclic) bond motifs is 1. The van der Waals surface area contributed by atoms with Gasteiger partial charge in [-0.25, -0.2) is 4.99 Å². The normalized spacial score (nSPS) is 16.8. The number of hydrogen-bond acceptors (Lipinski definition) is 7.